The Labute approximate surface area is 170 Å². The zero-order chi connectivity index (χ0) is 19.2. The minimum Gasteiger partial charge on any atom is -0.497 e. The number of anilines is 1. The smallest absolute Gasteiger partial charge is 0.119 e. The van der Waals surface area contributed by atoms with E-state index < -0.39 is 0 Å². The molecule has 0 aliphatic rings. The summed E-state index contributed by atoms with van der Waals surface area (Å²) in [5.41, 5.74) is 2.86. The van der Waals surface area contributed by atoms with E-state index in [1.807, 2.05) is 36.4 Å². The second-order valence-electron chi connectivity index (χ2n) is 6.52. The van der Waals surface area contributed by atoms with E-state index in [2.05, 4.69) is 17.6 Å². The Hall–Kier alpha value is -1.75. The summed E-state index contributed by atoms with van der Waals surface area (Å²) < 4.78 is 5.40. The predicted octanol–water partition coefficient (Wildman–Crippen LogP) is 5.46. The molecule has 0 saturated heterocycles. The summed E-state index contributed by atoms with van der Waals surface area (Å²) in [6.45, 7) is 4.71. The molecule has 6 heteroatoms. The minimum absolute atomic E-state index is 0.197. The molecule has 2 aromatic carbocycles. The van der Waals surface area contributed by atoms with Gasteiger partial charge in [0.25, 0.3) is 0 Å². The fourth-order valence-electron chi connectivity index (χ4n) is 3.04. The number of hydrogen-bond donors (Lipinski definition) is 2. The molecule has 1 atom stereocenters. The quantitative estimate of drug-likeness (QED) is 0.282. The van der Waals surface area contributed by atoms with Crippen LogP contribution in [0.1, 0.15) is 19.8 Å². The lowest BCUT2D eigenvalue weighted by molar-refractivity contribution is 0.415. The van der Waals surface area contributed by atoms with Crippen molar-refractivity contribution in [3.8, 4) is 5.75 Å². The Bertz CT molecular complexity index is 917. The van der Waals surface area contributed by atoms with E-state index in [-0.39, 0.29) is 5.38 Å². The molecule has 0 aliphatic carbocycles. The van der Waals surface area contributed by atoms with Gasteiger partial charge in [-0.25, -0.2) is 4.98 Å². The van der Waals surface area contributed by atoms with Crippen molar-refractivity contribution in [3.63, 3.8) is 0 Å². The molecule has 0 spiro atoms. The Morgan fingerprint density at radius 2 is 1.93 bits per heavy atom. The van der Waals surface area contributed by atoms with Gasteiger partial charge in [-0.2, -0.15) is 0 Å². The van der Waals surface area contributed by atoms with Crippen molar-refractivity contribution < 1.29 is 4.74 Å². The van der Waals surface area contributed by atoms with Crippen LogP contribution in [0.4, 0.5) is 5.69 Å². The number of hydrogen-bond acceptors (Lipinski definition) is 4. The van der Waals surface area contributed by atoms with Gasteiger partial charge in [0.1, 0.15) is 5.75 Å². The van der Waals surface area contributed by atoms with E-state index in [4.69, 9.17) is 32.9 Å². The van der Waals surface area contributed by atoms with Crippen molar-refractivity contribution in [2.45, 2.75) is 25.1 Å². The summed E-state index contributed by atoms with van der Waals surface area (Å²) in [7, 11) is 1.68. The molecule has 0 saturated carbocycles. The number of methoxy groups -OCH3 is 1. The second-order valence-corrected chi connectivity index (χ2v) is 7.57. The molecule has 4 nitrogen and oxygen atoms in total. The normalized spacial score (nSPS) is 12.4. The third kappa shape index (κ3) is 4.95. The van der Waals surface area contributed by atoms with Crippen LogP contribution in [0.5, 0.6) is 5.75 Å². The topological polar surface area (TPSA) is 46.2 Å². The molecule has 144 valence electrons. The fourth-order valence-corrected chi connectivity index (χ4v) is 3.32. The molecule has 27 heavy (non-hydrogen) atoms. The zero-order valence-electron chi connectivity index (χ0n) is 15.7. The predicted molar refractivity (Wildman–Crippen MR) is 117 cm³/mol. The van der Waals surface area contributed by atoms with Gasteiger partial charge >= 0.3 is 0 Å². The van der Waals surface area contributed by atoms with Crippen LogP contribution in [0.25, 0.3) is 21.8 Å². The fraction of sp³-hybridized carbons (Fsp3) is 0.381. The SMILES string of the molecule is CCC(Cl)CNCCCNc1c2ccc(Cl)cc2nc2ccc(OC)cc12. The first-order valence-electron chi connectivity index (χ1n) is 9.28. The van der Waals surface area contributed by atoms with E-state index in [9.17, 15) is 0 Å². The number of fused-ring (bicyclic) bond motifs is 2. The Kier molecular flexibility index (Phi) is 7.00. The van der Waals surface area contributed by atoms with Gasteiger partial charge in [-0.1, -0.05) is 18.5 Å². The van der Waals surface area contributed by atoms with Gasteiger partial charge in [0.2, 0.25) is 0 Å². The Balaban J connectivity index is 1.82. The molecule has 0 amide bonds. The molecule has 1 aromatic heterocycles. The first kappa shape index (κ1) is 20.0. The van der Waals surface area contributed by atoms with Crippen LogP contribution in [0.2, 0.25) is 5.02 Å². The average molecular weight is 406 g/mol. The maximum Gasteiger partial charge on any atom is 0.119 e. The number of halogens is 2. The molecule has 3 rings (SSSR count). The lowest BCUT2D eigenvalue weighted by atomic mass is 10.1. The van der Waals surface area contributed by atoms with Gasteiger partial charge in [-0.15, -0.1) is 11.6 Å². The van der Waals surface area contributed by atoms with E-state index in [0.717, 1.165) is 65.7 Å². The van der Waals surface area contributed by atoms with Gasteiger partial charge in [0.05, 0.1) is 23.8 Å². The molecule has 0 bridgehead atoms. The van der Waals surface area contributed by atoms with Crippen LogP contribution < -0.4 is 15.4 Å². The third-order valence-corrected chi connectivity index (χ3v) is 5.28. The van der Waals surface area contributed by atoms with E-state index >= 15 is 0 Å². The number of alkyl halides is 1. The standard InChI is InChI=1S/C21H25Cl2N3O/c1-3-14(22)13-24-9-4-10-25-21-17-7-5-15(23)11-20(17)26-19-8-6-16(27-2)12-18(19)21/h5-8,11-12,14,24H,3-4,9-10,13H2,1-2H3,(H,25,26). The largest absolute Gasteiger partial charge is 0.497 e. The van der Waals surface area contributed by atoms with Gasteiger partial charge in [0.15, 0.2) is 0 Å². The average Bonchev–Trinajstić information content (AvgIpc) is 2.68. The van der Waals surface area contributed by atoms with Crippen LogP contribution >= 0.6 is 23.2 Å². The summed E-state index contributed by atoms with van der Waals surface area (Å²) in [5, 5.41) is 9.98. The highest BCUT2D eigenvalue weighted by molar-refractivity contribution is 6.31. The molecule has 2 N–H and O–H groups in total. The third-order valence-electron chi connectivity index (χ3n) is 4.58. The van der Waals surface area contributed by atoms with Crippen molar-refractivity contribution in [3.05, 3.63) is 41.4 Å². The number of nitrogens with zero attached hydrogens (tertiary/aromatic N) is 1. The Morgan fingerprint density at radius 3 is 2.70 bits per heavy atom. The van der Waals surface area contributed by atoms with Crippen LogP contribution in [-0.2, 0) is 0 Å². The van der Waals surface area contributed by atoms with Crippen LogP contribution in [0, 0.1) is 0 Å². The molecule has 1 heterocycles. The first-order chi connectivity index (χ1) is 13.1. The maximum atomic E-state index is 6.17. The van der Waals surface area contributed by atoms with Gasteiger partial charge in [-0.3, -0.25) is 0 Å². The molecule has 0 fully saturated rings. The summed E-state index contributed by atoms with van der Waals surface area (Å²) >= 11 is 12.3. The van der Waals surface area contributed by atoms with Gasteiger partial charge < -0.3 is 15.4 Å². The maximum absolute atomic E-state index is 6.17. The molecule has 1 unspecified atom stereocenters. The zero-order valence-corrected chi connectivity index (χ0v) is 17.2. The first-order valence-corrected chi connectivity index (χ1v) is 10.1. The molecular weight excluding hydrogens is 381 g/mol. The van der Waals surface area contributed by atoms with E-state index in [1.165, 1.54) is 0 Å². The van der Waals surface area contributed by atoms with Crippen molar-refractivity contribution in [1.29, 1.82) is 0 Å². The number of aromatic nitrogens is 1. The lowest BCUT2D eigenvalue weighted by Gasteiger charge is -2.15. The number of nitrogens with one attached hydrogen (secondary N) is 2. The van der Waals surface area contributed by atoms with Crippen LogP contribution in [-0.4, -0.2) is 37.1 Å². The van der Waals surface area contributed by atoms with Crippen molar-refractivity contribution in [1.82, 2.24) is 10.3 Å². The summed E-state index contributed by atoms with van der Waals surface area (Å²) in [6, 6.07) is 11.7. The number of benzene rings is 2. The highest BCUT2D eigenvalue weighted by Crippen LogP contribution is 2.34. The Morgan fingerprint density at radius 1 is 1.07 bits per heavy atom. The van der Waals surface area contributed by atoms with E-state index in [1.54, 1.807) is 7.11 Å². The van der Waals surface area contributed by atoms with Gasteiger partial charge in [0, 0.05) is 34.3 Å². The summed E-state index contributed by atoms with van der Waals surface area (Å²) in [6.07, 6.45) is 1.97. The lowest BCUT2D eigenvalue weighted by Crippen LogP contribution is -2.25. The van der Waals surface area contributed by atoms with E-state index in [0.29, 0.717) is 5.02 Å². The highest BCUT2D eigenvalue weighted by Gasteiger charge is 2.10. The minimum atomic E-state index is 0.197. The monoisotopic (exact) mass is 405 g/mol. The number of rotatable bonds is 9. The van der Waals surface area contributed by atoms with Crippen LogP contribution in [0.15, 0.2) is 36.4 Å². The second kappa shape index (κ2) is 9.45. The molecule has 0 aliphatic heterocycles. The summed E-state index contributed by atoms with van der Waals surface area (Å²) in [4.78, 5) is 4.75. The molecular formula is C21H25Cl2N3O. The van der Waals surface area contributed by atoms with Crippen LogP contribution in [0.3, 0.4) is 0 Å². The highest BCUT2D eigenvalue weighted by atomic mass is 35.5. The number of pyridine rings is 1. The van der Waals surface area contributed by atoms with Gasteiger partial charge in [-0.05, 0) is 55.8 Å². The van der Waals surface area contributed by atoms with Crippen molar-refractivity contribution in [2.75, 3.05) is 32.1 Å². The molecule has 0 radical (unpaired) electrons. The summed E-state index contributed by atoms with van der Waals surface area (Å²) in [5.74, 6) is 0.815. The molecule has 3 aromatic rings. The van der Waals surface area contributed by atoms with Crippen molar-refractivity contribution in [2.24, 2.45) is 0 Å². The van der Waals surface area contributed by atoms with Crippen molar-refractivity contribution >= 4 is 50.7 Å². The number of ether oxygens (including phenoxy) is 1.